The van der Waals surface area contributed by atoms with E-state index in [9.17, 15) is 19.7 Å². The van der Waals surface area contributed by atoms with Gasteiger partial charge in [-0.05, 0) is 63.1 Å². The van der Waals surface area contributed by atoms with Crippen LogP contribution in [0.4, 0.5) is 10.5 Å². The van der Waals surface area contributed by atoms with E-state index in [2.05, 4.69) is 10.3 Å². The number of hydrogen-bond acceptors (Lipinski definition) is 9. The van der Waals surface area contributed by atoms with Crippen LogP contribution in [0.25, 0.3) is 0 Å². The molecule has 4 aliphatic rings. The molecule has 4 fully saturated rings. The predicted octanol–water partition coefficient (Wildman–Crippen LogP) is 4.42. The van der Waals surface area contributed by atoms with Crippen LogP contribution in [0.2, 0.25) is 0 Å². The fraction of sp³-hybridized carbons (Fsp3) is 0.607. The van der Waals surface area contributed by atoms with Crippen LogP contribution in [0.1, 0.15) is 61.9 Å². The normalized spacial score (nSPS) is 24.3. The zero-order valence-electron chi connectivity index (χ0n) is 22.7. The number of likely N-dealkylation sites (tertiary alicyclic amines) is 1. The summed E-state index contributed by atoms with van der Waals surface area (Å²) in [5.74, 6) is 0.134. The van der Waals surface area contributed by atoms with Crippen LogP contribution in [0.3, 0.4) is 0 Å². The van der Waals surface area contributed by atoms with Gasteiger partial charge in [-0.2, -0.15) is 0 Å². The van der Waals surface area contributed by atoms with Gasteiger partial charge in [0.25, 0.3) is 5.69 Å². The second kappa shape index (κ2) is 12.6. The van der Waals surface area contributed by atoms with Gasteiger partial charge < -0.3 is 24.4 Å². The molecule has 1 aromatic carbocycles. The summed E-state index contributed by atoms with van der Waals surface area (Å²) in [6.07, 6.45) is 6.60. The first kappa shape index (κ1) is 28.4. The highest BCUT2D eigenvalue weighted by molar-refractivity contribution is 7.09. The maximum absolute atomic E-state index is 13.7. The SMILES string of the molecule is C[C@@H](OCC12CCC(CC1)OC2)[C@H](NC(=O)OCc1ccc([N+](=O)[O-])cc1)C(=O)N1CCC(c2nccs2)CC1. The van der Waals surface area contributed by atoms with Crippen molar-refractivity contribution in [3.8, 4) is 0 Å². The van der Waals surface area contributed by atoms with Gasteiger partial charge in [-0.25, -0.2) is 9.78 Å². The van der Waals surface area contributed by atoms with Crippen molar-refractivity contribution in [1.29, 1.82) is 0 Å². The maximum atomic E-state index is 13.7. The van der Waals surface area contributed by atoms with Crippen molar-refractivity contribution >= 4 is 29.0 Å². The van der Waals surface area contributed by atoms with E-state index >= 15 is 0 Å². The molecule has 4 heterocycles. The van der Waals surface area contributed by atoms with Gasteiger partial charge in [0, 0.05) is 48.1 Å². The van der Waals surface area contributed by atoms with Crippen LogP contribution in [-0.4, -0.2) is 71.4 Å². The number of thiazole rings is 1. The number of hydrogen-bond donors (Lipinski definition) is 1. The number of rotatable bonds is 10. The number of nitro groups is 1. The first-order valence-corrected chi connectivity index (χ1v) is 14.8. The lowest BCUT2D eigenvalue weighted by Crippen LogP contribution is -2.56. The van der Waals surface area contributed by atoms with Crippen molar-refractivity contribution in [3.05, 3.63) is 56.5 Å². The summed E-state index contributed by atoms with van der Waals surface area (Å²) < 4.78 is 17.6. The van der Waals surface area contributed by atoms with Crippen molar-refractivity contribution in [3.63, 3.8) is 0 Å². The molecular formula is C28H36N4O7S. The zero-order chi connectivity index (χ0) is 28.1. The first-order valence-electron chi connectivity index (χ1n) is 13.9. The molecule has 0 unspecified atom stereocenters. The van der Waals surface area contributed by atoms with Crippen LogP contribution >= 0.6 is 11.3 Å². The Kier molecular flexibility index (Phi) is 8.97. The molecule has 1 aromatic heterocycles. The van der Waals surface area contributed by atoms with Gasteiger partial charge in [-0.3, -0.25) is 14.9 Å². The number of amides is 2. The number of aromatic nitrogens is 1. The first-order chi connectivity index (χ1) is 19.3. The Labute approximate surface area is 237 Å². The Morgan fingerprint density at radius 3 is 2.55 bits per heavy atom. The smallest absolute Gasteiger partial charge is 0.408 e. The van der Waals surface area contributed by atoms with E-state index in [1.54, 1.807) is 16.2 Å². The lowest BCUT2D eigenvalue weighted by molar-refractivity contribution is -0.384. The third-order valence-corrected chi connectivity index (χ3v) is 9.34. The molecule has 2 aromatic rings. The molecule has 1 N–H and O–H groups in total. The van der Waals surface area contributed by atoms with Gasteiger partial charge in [0.1, 0.15) is 12.6 Å². The summed E-state index contributed by atoms with van der Waals surface area (Å²) in [5, 5.41) is 16.7. The number of benzene rings is 1. The molecule has 2 bridgehead atoms. The summed E-state index contributed by atoms with van der Waals surface area (Å²) in [4.78, 5) is 43.2. The molecule has 6 rings (SSSR count). The number of non-ortho nitro benzene ring substituents is 1. The van der Waals surface area contributed by atoms with Crippen LogP contribution in [0, 0.1) is 15.5 Å². The number of nitrogens with zero attached hydrogens (tertiary/aromatic N) is 3. The third kappa shape index (κ3) is 6.79. The maximum Gasteiger partial charge on any atom is 0.408 e. The second-order valence-electron chi connectivity index (χ2n) is 11.1. The number of nitrogens with one attached hydrogen (secondary N) is 1. The fourth-order valence-electron chi connectivity index (χ4n) is 5.79. The second-order valence-corrected chi connectivity index (χ2v) is 12.0. The van der Waals surface area contributed by atoms with Crippen molar-refractivity contribution in [2.45, 2.75) is 76.2 Å². The minimum Gasteiger partial charge on any atom is -0.445 e. The van der Waals surface area contributed by atoms with E-state index < -0.39 is 23.2 Å². The summed E-state index contributed by atoms with van der Waals surface area (Å²) in [6.45, 7) is 4.01. The number of piperidine rings is 1. The molecule has 2 atom stereocenters. The Morgan fingerprint density at radius 1 is 1.23 bits per heavy atom. The minimum atomic E-state index is -0.918. The Morgan fingerprint density at radius 2 is 1.95 bits per heavy atom. The lowest BCUT2D eigenvalue weighted by Gasteiger charge is -2.46. The van der Waals surface area contributed by atoms with Crippen molar-refractivity contribution in [1.82, 2.24) is 15.2 Å². The zero-order valence-corrected chi connectivity index (χ0v) is 23.5. The quantitative estimate of drug-likeness (QED) is 0.327. The van der Waals surface area contributed by atoms with Gasteiger partial charge in [-0.1, -0.05) is 0 Å². The highest BCUT2D eigenvalue weighted by Gasteiger charge is 2.43. The predicted molar refractivity (Wildman–Crippen MR) is 147 cm³/mol. The van der Waals surface area contributed by atoms with E-state index in [4.69, 9.17) is 14.2 Å². The number of carbonyl (C=O) groups excluding carboxylic acids is 2. The Balaban J connectivity index is 1.21. The van der Waals surface area contributed by atoms with Gasteiger partial charge in [0.05, 0.1) is 35.4 Å². The van der Waals surface area contributed by atoms with Crippen molar-refractivity contribution < 1.29 is 28.7 Å². The Hall–Kier alpha value is -3.09. The van der Waals surface area contributed by atoms with E-state index in [1.807, 2.05) is 18.5 Å². The highest BCUT2D eigenvalue weighted by Crippen LogP contribution is 2.43. The molecule has 1 saturated carbocycles. The minimum absolute atomic E-state index is 0.0419. The van der Waals surface area contributed by atoms with Crippen LogP contribution < -0.4 is 5.32 Å². The highest BCUT2D eigenvalue weighted by atomic mass is 32.1. The molecular weight excluding hydrogens is 536 g/mol. The lowest BCUT2D eigenvalue weighted by atomic mass is 9.72. The van der Waals surface area contributed by atoms with Crippen molar-refractivity contribution in [2.24, 2.45) is 5.41 Å². The van der Waals surface area contributed by atoms with Crippen LogP contribution in [0.15, 0.2) is 35.8 Å². The fourth-order valence-corrected chi connectivity index (χ4v) is 6.60. The molecule has 12 heteroatoms. The average Bonchev–Trinajstić information content (AvgIpc) is 3.54. The average molecular weight is 573 g/mol. The molecule has 40 heavy (non-hydrogen) atoms. The monoisotopic (exact) mass is 572 g/mol. The molecule has 2 amide bonds. The number of ether oxygens (including phenoxy) is 3. The number of alkyl carbamates (subject to hydrolysis) is 1. The van der Waals surface area contributed by atoms with E-state index in [0.29, 0.717) is 43.9 Å². The van der Waals surface area contributed by atoms with Crippen LogP contribution in [0.5, 0.6) is 0 Å². The standard InChI is InChI=1S/C28H36N4O7S/c1-19(38-17-28-10-6-23(7-11-28)39-18-28)24(26(33)31-13-8-21(9-14-31)25-29-12-15-40-25)30-27(34)37-16-20-2-4-22(5-3-20)32(35)36/h2-5,12,15,19,21,23-24H,6-11,13-14,16-18H2,1H3,(H,30,34)/t19-,23?,24+,28?/m1/s1. The molecule has 0 radical (unpaired) electrons. The molecule has 11 nitrogen and oxygen atoms in total. The largest absolute Gasteiger partial charge is 0.445 e. The van der Waals surface area contributed by atoms with Gasteiger partial charge >= 0.3 is 6.09 Å². The molecule has 0 spiro atoms. The van der Waals surface area contributed by atoms with E-state index in [0.717, 1.165) is 43.5 Å². The molecule has 216 valence electrons. The topological polar surface area (TPSA) is 133 Å². The number of nitro benzene ring substituents is 1. The van der Waals surface area contributed by atoms with E-state index in [-0.39, 0.29) is 23.6 Å². The summed E-state index contributed by atoms with van der Waals surface area (Å²) in [6, 6.07) is 4.86. The molecule has 1 aliphatic carbocycles. The number of carbonyl (C=O) groups is 2. The third-order valence-electron chi connectivity index (χ3n) is 8.40. The summed E-state index contributed by atoms with van der Waals surface area (Å²) in [5.41, 5.74) is 0.517. The summed E-state index contributed by atoms with van der Waals surface area (Å²) in [7, 11) is 0. The van der Waals surface area contributed by atoms with Gasteiger partial charge in [-0.15, -0.1) is 11.3 Å². The molecule has 3 saturated heterocycles. The van der Waals surface area contributed by atoms with Crippen LogP contribution in [-0.2, 0) is 25.6 Å². The number of fused-ring (bicyclic) bond motifs is 3. The van der Waals surface area contributed by atoms with E-state index in [1.165, 1.54) is 24.3 Å². The molecule has 3 aliphatic heterocycles. The van der Waals surface area contributed by atoms with Gasteiger partial charge in [0.15, 0.2) is 0 Å². The van der Waals surface area contributed by atoms with Crippen molar-refractivity contribution in [2.75, 3.05) is 26.3 Å². The Bertz CT molecular complexity index is 1150. The van der Waals surface area contributed by atoms with Gasteiger partial charge in [0.2, 0.25) is 5.91 Å². The summed E-state index contributed by atoms with van der Waals surface area (Å²) >= 11 is 1.64.